The van der Waals surface area contributed by atoms with Crippen LogP contribution in [0.25, 0.3) is 11.2 Å². The van der Waals surface area contributed by atoms with Gasteiger partial charge in [-0.3, -0.25) is 4.57 Å². The number of nitrogens with two attached hydrogens (primary N) is 1. The molecule has 0 aliphatic heterocycles. The number of nitrogens with zero attached hydrogens (tertiary/aromatic N) is 4. The third-order valence-corrected chi connectivity index (χ3v) is 5.28. The molecule has 12 heteroatoms. The molecule has 0 amide bonds. The molecule has 0 atom stereocenters. The van der Waals surface area contributed by atoms with Crippen LogP contribution in [0.3, 0.4) is 0 Å². The fourth-order valence-corrected chi connectivity index (χ4v) is 3.81. The summed E-state index contributed by atoms with van der Waals surface area (Å²) in [5.41, 5.74) is 7.00. The normalized spacial score (nSPS) is 12.0. The Morgan fingerprint density at radius 2 is 2.10 bits per heavy atom. The third-order valence-electron chi connectivity index (χ3n) is 3.79. The van der Waals surface area contributed by atoms with Gasteiger partial charge in [0.2, 0.25) is 5.95 Å². The molecule has 0 aliphatic rings. The third kappa shape index (κ3) is 6.41. The molecule has 4 N–H and O–H groups in total. The zero-order valence-corrected chi connectivity index (χ0v) is 18.3. The molecule has 0 saturated carbocycles. The second kappa shape index (κ2) is 9.76. The zero-order valence-electron chi connectivity index (χ0n) is 16.6. The average Bonchev–Trinajstić information content (AvgIpc) is 3.06. The van der Waals surface area contributed by atoms with Gasteiger partial charge in [-0.15, -0.1) is 0 Å². The Morgan fingerprint density at radius 3 is 2.83 bits per heavy atom. The van der Waals surface area contributed by atoms with E-state index >= 15 is 0 Å². The summed E-state index contributed by atoms with van der Waals surface area (Å²) >= 11 is 1.40. The smallest absolute Gasteiger partial charge is 0.350 e. The van der Waals surface area contributed by atoms with Gasteiger partial charge in [0.1, 0.15) is 22.6 Å². The summed E-state index contributed by atoms with van der Waals surface area (Å²) in [4.78, 5) is 31.6. The van der Waals surface area contributed by atoms with Crippen molar-refractivity contribution < 1.29 is 23.8 Å². The molecular weight excluding hydrogens is 429 g/mol. The lowest BCUT2D eigenvalue weighted by Gasteiger charge is -2.10. The number of nitrogen functional groups attached to an aromatic ring is 1. The zero-order chi connectivity index (χ0) is 21.7. The van der Waals surface area contributed by atoms with Crippen LogP contribution in [0.5, 0.6) is 5.75 Å². The Labute approximate surface area is 178 Å². The van der Waals surface area contributed by atoms with E-state index in [4.69, 9.17) is 25.0 Å². The van der Waals surface area contributed by atoms with Gasteiger partial charge < -0.3 is 29.6 Å². The van der Waals surface area contributed by atoms with E-state index in [0.717, 1.165) is 10.6 Å². The first kappa shape index (κ1) is 22.5. The number of hydrogen-bond donors (Lipinski definition) is 3. The summed E-state index contributed by atoms with van der Waals surface area (Å²) in [6.45, 7) is 5.22. The first-order chi connectivity index (χ1) is 14.2. The van der Waals surface area contributed by atoms with Gasteiger partial charge in [0, 0.05) is 11.4 Å². The van der Waals surface area contributed by atoms with Crippen LogP contribution in [0.15, 0.2) is 40.5 Å². The average molecular weight is 453 g/mol. The van der Waals surface area contributed by atoms with Gasteiger partial charge in [0.25, 0.3) is 0 Å². The van der Waals surface area contributed by atoms with Crippen LogP contribution < -0.4 is 10.5 Å². The van der Waals surface area contributed by atoms with Crippen LogP contribution in [-0.4, -0.2) is 48.9 Å². The van der Waals surface area contributed by atoms with E-state index in [0.29, 0.717) is 35.3 Å². The minimum absolute atomic E-state index is 0.0954. The fraction of sp³-hybridized carbons (Fsp3) is 0.389. The van der Waals surface area contributed by atoms with Crippen molar-refractivity contribution in [1.29, 1.82) is 0 Å². The maximum Gasteiger partial charge on any atom is 0.350 e. The van der Waals surface area contributed by atoms with Crippen LogP contribution in [0.4, 0.5) is 5.95 Å². The van der Waals surface area contributed by atoms with Gasteiger partial charge >= 0.3 is 7.60 Å². The van der Waals surface area contributed by atoms with Crippen molar-refractivity contribution >= 4 is 36.5 Å². The van der Waals surface area contributed by atoms with Crippen LogP contribution in [0.2, 0.25) is 0 Å². The second-order valence-electron chi connectivity index (χ2n) is 6.98. The summed E-state index contributed by atoms with van der Waals surface area (Å²) in [5, 5.41) is 0.605. The van der Waals surface area contributed by atoms with Gasteiger partial charge in [-0.1, -0.05) is 31.7 Å². The molecule has 0 fully saturated rings. The van der Waals surface area contributed by atoms with Crippen molar-refractivity contribution in [2.75, 3.05) is 25.3 Å². The monoisotopic (exact) mass is 453 g/mol. The summed E-state index contributed by atoms with van der Waals surface area (Å²) in [5.74, 6) is 1.31. The van der Waals surface area contributed by atoms with Gasteiger partial charge in [-0.25, -0.2) is 9.97 Å². The van der Waals surface area contributed by atoms with Crippen molar-refractivity contribution in [3.8, 4) is 5.75 Å². The highest BCUT2D eigenvalue weighted by molar-refractivity contribution is 7.99. The van der Waals surface area contributed by atoms with Gasteiger partial charge in [-0.05, 0) is 24.1 Å². The molecule has 0 unspecified atom stereocenters. The molecule has 2 aromatic heterocycles. The highest BCUT2D eigenvalue weighted by Crippen LogP contribution is 2.34. The van der Waals surface area contributed by atoms with Gasteiger partial charge in [0.15, 0.2) is 5.65 Å². The molecule has 0 bridgehead atoms. The largest absolute Gasteiger partial charge is 0.493 e. The predicted molar refractivity (Wildman–Crippen MR) is 113 cm³/mol. The second-order valence-corrected chi connectivity index (χ2v) is 9.63. The predicted octanol–water partition coefficient (Wildman–Crippen LogP) is 2.75. The lowest BCUT2D eigenvalue weighted by molar-refractivity contribution is 0.149. The maximum atomic E-state index is 10.9. The molecule has 1 aromatic carbocycles. The van der Waals surface area contributed by atoms with Gasteiger partial charge in [-0.2, -0.15) is 4.98 Å². The number of imidazole rings is 1. The van der Waals surface area contributed by atoms with Crippen molar-refractivity contribution in [3.63, 3.8) is 0 Å². The summed E-state index contributed by atoms with van der Waals surface area (Å²) in [6.07, 6.45) is 0.943. The number of anilines is 1. The minimum atomic E-state index is -4.20. The van der Waals surface area contributed by atoms with E-state index in [-0.39, 0.29) is 12.6 Å². The lowest BCUT2D eigenvalue weighted by Crippen LogP contribution is -2.07. The summed E-state index contributed by atoms with van der Waals surface area (Å²) in [7, 11) is -4.20. The van der Waals surface area contributed by atoms with Crippen LogP contribution in [0.1, 0.15) is 13.8 Å². The number of hydrogen-bond acceptors (Lipinski definition) is 8. The highest BCUT2D eigenvalue weighted by atomic mass is 32.2. The summed E-state index contributed by atoms with van der Waals surface area (Å²) in [6, 6.07) is 7.70. The molecule has 3 rings (SSSR count). The van der Waals surface area contributed by atoms with Gasteiger partial charge in [0.05, 0.1) is 19.5 Å². The van der Waals surface area contributed by atoms with Crippen molar-refractivity contribution in [2.24, 2.45) is 5.92 Å². The standard InChI is InChI=1S/C18H24N5O5PS/c1-12(2)9-28-13-4-3-5-14(8-13)30-17-15-16(21-18(19)22-17)23(10-20-15)6-7-27-11-29(24,25)26/h3-5,8,10,12H,6-7,9,11H2,1-2H3,(H2,19,21,22)(H2,24,25,26). The van der Waals surface area contributed by atoms with E-state index in [1.54, 1.807) is 10.9 Å². The molecule has 0 spiro atoms. The maximum absolute atomic E-state index is 10.9. The Morgan fingerprint density at radius 1 is 1.30 bits per heavy atom. The molecule has 2 heterocycles. The van der Waals surface area contributed by atoms with E-state index < -0.39 is 13.9 Å². The first-order valence-electron chi connectivity index (χ1n) is 9.22. The van der Waals surface area contributed by atoms with E-state index in [1.807, 2.05) is 24.3 Å². The Hall–Kier alpha value is -2.17. The quantitative estimate of drug-likeness (QED) is 0.238. The molecule has 10 nitrogen and oxygen atoms in total. The highest BCUT2D eigenvalue weighted by Gasteiger charge is 2.15. The number of aromatic nitrogens is 4. The Balaban J connectivity index is 1.76. The molecular formula is C18H24N5O5PS. The van der Waals surface area contributed by atoms with E-state index in [1.165, 1.54) is 11.8 Å². The van der Waals surface area contributed by atoms with Crippen LogP contribution in [-0.2, 0) is 15.8 Å². The molecule has 0 radical (unpaired) electrons. The van der Waals surface area contributed by atoms with E-state index in [2.05, 4.69) is 28.8 Å². The molecule has 0 saturated heterocycles. The SMILES string of the molecule is CC(C)COc1cccc(Sc2nc(N)nc3c2ncn3CCOCP(=O)(O)O)c1. The topological polar surface area (TPSA) is 146 Å². The van der Waals surface area contributed by atoms with Crippen molar-refractivity contribution in [3.05, 3.63) is 30.6 Å². The Kier molecular flexibility index (Phi) is 7.32. The molecule has 162 valence electrons. The van der Waals surface area contributed by atoms with E-state index in [9.17, 15) is 4.57 Å². The fourth-order valence-electron chi connectivity index (χ4n) is 2.52. The van der Waals surface area contributed by atoms with Crippen LogP contribution >= 0.6 is 19.4 Å². The molecule has 30 heavy (non-hydrogen) atoms. The van der Waals surface area contributed by atoms with Crippen molar-refractivity contribution in [1.82, 2.24) is 19.5 Å². The number of rotatable bonds is 10. The first-order valence-corrected chi connectivity index (χ1v) is 11.8. The summed E-state index contributed by atoms with van der Waals surface area (Å²) < 4.78 is 23.4. The van der Waals surface area contributed by atoms with Crippen LogP contribution in [0, 0.1) is 5.92 Å². The number of fused-ring (bicyclic) bond motifs is 1. The minimum Gasteiger partial charge on any atom is -0.493 e. The lowest BCUT2D eigenvalue weighted by atomic mass is 10.2. The molecule has 0 aliphatic carbocycles. The Bertz CT molecular complexity index is 1050. The van der Waals surface area contributed by atoms with Crippen molar-refractivity contribution in [2.45, 2.75) is 30.3 Å². The number of ether oxygens (including phenoxy) is 2. The molecule has 3 aromatic rings. The number of benzene rings is 1.